The molecular formula is C19H27F2N3O3. The van der Waals surface area contributed by atoms with Crippen molar-refractivity contribution in [3.05, 3.63) is 29.8 Å². The molecule has 2 aliphatic rings. The first kappa shape index (κ1) is 19.8. The van der Waals surface area contributed by atoms with Crippen LogP contribution < -0.4 is 4.74 Å². The van der Waals surface area contributed by atoms with E-state index in [4.69, 9.17) is 0 Å². The summed E-state index contributed by atoms with van der Waals surface area (Å²) in [6, 6.07) is 6.67. The van der Waals surface area contributed by atoms with Crippen LogP contribution in [0.2, 0.25) is 0 Å². The van der Waals surface area contributed by atoms with Gasteiger partial charge < -0.3 is 19.6 Å². The molecule has 0 aliphatic carbocycles. The number of alkyl halides is 2. The quantitative estimate of drug-likeness (QED) is 0.866. The lowest BCUT2D eigenvalue weighted by Crippen LogP contribution is -2.61. The van der Waals surface area contributed by atoms with Crippen LogP contribution >= 0.6 is 0 Å². The SMILES string of the molecule is CN(C)C(=O)N1CC[C@]2(O)CCN(Cc3cccc(OC(F)F)c3)C[C@@H]2C1. The predicted octanol–water partition coefficient (Wildman–Crippen LogP) is 2.23. The Morgan fingerprint density at radius 3 is 2.78 bits per heavy atom. The lowest BCUT2D eigenvalue weighted by Gasteiger charge is -2.50. The summed E-state index contributed by atoms with van der Waals surface area (Å²) in [5.74, 6) is 0.126. The van der Waals surface area contributed by atoms with Crippen molar-refractivity contribution < 1.29 is 23.4 Å². The smallest absolute Gasteiger partial charge is 0.387 e. The third-order valence-electron chi connectivity index (χ3n) is 5.54. The molecular weight excluding hydrogens is 356 g/mol. The number of hydrogen-bond acceptors (Lipinski definition) is 4. The number of carbonyl (C=O) groups excluding carboxylic acids is 1. The Bertz CT molecular complexity index is 673. The molecule has 1 aromatic rings. The molecule has 0 unspecified atom stereocenters. The highest BCUT2D eigenvalue weighted by atomic mass is 19.3. The Labute approximate surface area is 158 Å². The lowest BCUT2D eigenvalue weighted by atomic mass is 9.75. The van der Waals surface area contributed by atoms with E-state index in [1.807, 2.05) is 6.07 Å². The Hall–Kier alpha value is -1.93. The third-order valence-corrected chi connectivity index (χ3v) is 5.54. The van der Waals surface area contributed by atoms with Crippen molar-refractivity contribution in [2.24, 2.45) is 5.92 Å². The van der Waals surface area contributed by atoms with Crippen LogP contribution in [0.1, 0.15) is 18.4 Å². The predicted molar refractivity (Wildman–Crippen MR) is 96.7 cm³/mol. The van der Waals surface area contributed by atoms with Gasteiger partial charge in [0.2, 0.25) is 0 Å². The summed E-state index contributed by atoms with van der Waals surface area (Å²) in [6.07, 6.45) is 1.23. The summed E-state index contributed by atoms with van der Waals surface area (Å²) in [7, 11) is 3.45. The fraction of sp³-hybridized carbons (Fsp3) is 0.632. The first-order chi connectivity index (χ1) is 12.8. The van der Waals surface area contributed by atoms with E-state index in [0.29, 0.717) is 39.0 Å². The third kappa shape index (κ3) is 4.68. The normalized spacial score (nSPS) is 26.0. The monoisotopic (exact) mass is 383 g/mol. The number of aliphatic hydroxyl groups is 1. The van der Waals surface area contributed by atoms with Crippen LogP contribution in [0.3, 0.4) is 0 Å². The number of piperidine rings is 2. The van der Waals surface area contributed by atoms with Crippen LogP contribution in [0, 0.1) is 5.92 Å². The van der Waals surface area contributed by atoms with E-state index in [9.17, 15) is 18.7 Å². The van der Waals surface area contributed by atoms with Gasteiger partial charge in [-0.15, -0.1) is 0 Å². The number of benzene rings is 1. The number of carbonyl (C=O) groups is 1. The Morgan fingerprint density at radius 1 is 1.33 bits per heavy atom. The highest BCUT2D eigenvalue weighted by molar-refractivity contribution is 5.74. The average Bonchev–Trinajstić information content (AvgIpc) is 2.60. The van der Waals surface area contributed by atoms with Gasteiger partial charge >= 0.3 is 12.6 Å². The van der Waals surface area contributed by atoms with Crippen molar-refractivity contribution in [3.63, 3.8) is 0 Å². The van der Waals surface area contributed by atoms with Crippen molar-refractivity contribution in [3.8, 4) is 5.75 Å². The maximum Gasteiger partial charge on any atom is 0.387 e. The molecule has 8 heteroatoms. The van der Waals surface area contributed by atoms with Gasteiger partial charge in [-0.1, -0.05) is 12.1 Å². The molecule has 3 rings (SSSR count). The second kappa shape index (κ2) is 7.98. The zero-order valence-electron chi connectivity index (χ0n) is 15.8. The number of likely N-dealkylation sites (tertiary alicyclic amines) is 2. The minimum atomic E-state index is -2.84. The Morgan fingerprint density at radius 2 is 2.07 bits per heavy atom. The van der Waals surface area contributed by atoms with E-state index in [0.717, 1.165) is 12.1 Å². The molecule has 1 N–H and O–H groups in total. The van der Waals surface area contributed by atoms with E-state index in [-0.39, 0.29) is 17.7 Å². The maximum absolute atomic E-state index is 12.4. The van der Waals surface area contributed by atoms with E-state index < -0.39 is 12.2 Å². The van der Waals surface area contributed by atoms with Gasteiger partial charge in [0.05, 0.1) is 5.60 Å². The van der Waals surface area contributed by atoms with E-state index in [2.05, 4.69) is 9.64 Å². The molecule has 0 aromatic heterocycles. The molecule has 2 saturated heterocycles. The molecule has 150 valence electrons. The van der Waals surface area contributed by atoms with E-state index in [1.54, 1.807) is 36.0 Å². The zero-order chi connectivity index (χ0) is 19.6. The second-order valence-electron chi connectivity index (χ2n) is 7.68. The lowest BCUT2D eigenvalue weighted by molar-refractivity contribution is -0.108. The Kier molecular flexibility index (Phi) is 5.86. The molecule has 6 nitrogen and oxygen atoms in total. The number of fused-ring (bicyclic) bond motifs is 1. The van der Waals surface area contributed by atoms with Gasteiger partial charge in [0, 0.05) is 52.7 Å². The molecule has 0 bridgehead atoms. The zero-order valence-corrected chi connectivity index (χ0v) is 15.8. The standard InChI is InChI=1S/C19H27F2N3O3/c1-22(2)18(25)24-9-7-19(26)6-8-23(12-15(19)13-24)11-14-4-3-5-16(10-14)27-17(20)21/h3-5,10,15,17,26H,6-9,11-13H2,1-2H3/t15-,19-/m1/s1. The summed E-state index contributed by atoms with van der Waals surface area (Å²) >= 11 is 0. The van der Waals surface area contributed by atoms with Crippen molar-refractivity contribution >= 4 is 6.03 Å². The molecule has 27 heavy (non-hydrogen) atoms. The molecule has 2 heterocycles. The minimum absolute atomic E-state index is 0.0237. The van der Waals surface area contributed by atoms with Gasteiger partial charge in [-0.25, -0.2) is 4.79 Å². The largest absolute Gasteiger partial charge is 0.435 e. The van der Waals surface area contributed by atoms with E-state index in [1.165, 1.54) is 6.07 Å². The molecule has 1 aromatic carbocycles. The van der Waals surface area contributed by atoms with Crippen LogP contribution in [-0.4, -0.2) is 78.3 Å². The molecule has 2 amide bonds. The van der Waals surface area contributed by atoms with Crippen LogP contribution in [-0.2, 0) is 6.54 Å². The fourth-order valence-electron chi connectivity index (χ4n) is 4.05. The van der Waals surface area contributed by atoms with Crippen LogP contribution in [0.5, 0.6) is 5.75 Å². The summed E-state index contributed by atoms with van der Waals surface area (Å²) < 4.78 is 29.3. The van der Waals surface area contributed by atoms with Gasteiger partial charge in [0.15, 0.2) is 0 Å². The van der Waals surface area contributed by atoms with Gasteiger partial charge in [-0.3, -0.25) is 4.90 Å². The van der Waals surface area contributed by atoms with Crippen LogP contribution in [0.15, 0.2) is 24.3 Å². The highest BCUT2D eigenvalue weighted by Crippen LogP contribution is 2.36. The van der Waals surface area contributed by atoms with E-state index >= 15 is 0 Å². The number of nitrogens with zero attached hydrogens (tertiary/aromatic N) is 3. The van der Waals surface area contributed by atoms with Crippen molar-refractivity contribution in [1.82, 2.24) is 14.7 Å². The topological polar surface area (TPSA) is 56.2 Å². The van der Waals surface area contributed by atoms with Crippen molar-refractivity contribution in [2.75, 3.05) is 40.3 Å². The minimum Gasteiger partial charge on any atom is -0.435 e. The molecule has 2 atom stereocenters. The maximum atomic E-state index is 12.4. The van der Waals surface area contributed by atoms with Gasteiger partial charge in [-0.2, -0.15) is 8.78 Å². The number of urea groups is 1. The molecule has 0 saturated carbocycles. The summed E-state index contributed by atoms with van der Waals surface area (Å²) in [6.45, 7) is 0.236. The first-order valence-electron chi connectivity index (χ1n) is 9.21. The number of ether oxygens (including phenoxy) is 1. The number of hydrogen-bond donors (Lipinski definition) is 1. The van der Waals surface area contributed by atoms with Crippen LogP contribution in [0.25, 0.3) is 0 Å². The Balaban J connectivity index is 1.64. The molecule has 2 fully saturated rings. The molecule has 0 radical (unpaired) electrons. The summed E-state index contributed by atoms with van der Waals surface area (Å²) in [4.78, 5) is 17.8. The molecule has 2 aliphatic heterocycles. The number of halogens is 2. The summed E-state index contributed by atoms with van der Waals surface area (Å²) in [5.41, 5.74) is 0.149. The first-order valence-corrected chi connectivity index (χ1v) is 9.21. The van der Waals surface area contributed by atoms with Crippen molar-refractivity contribution in [2.45, 2.75) is 31.6 Å². The molecule has 0 spiro atoms. The average molecular weight is 383 g/mol. The number of amides is 2. The number of rotatable bonds is 4. The van der Waals surface area contributed by atoms with Gasteiger partial charge in [0.25, 0.3) is 0 Å². The van der Waals surface area contributed by atoms with Gasteiger partial charge in [-0.05, 0) is 30.5 Å². The fourth-order valence-corrected chi connectivity index (χ4v) is 4.05. The second-order valence-corrected chi connectivity index (χ2v) is 7.68. The summed E-state index contributed by atoms with van der Waals surface area (Å²) in [5, 5.41) is 11.0. The van der Waals surface area contributed by atoms with Gasteiger partial charge in [0.1, 0.15) is 5.75 Å². The van der Waals surface area contributed by atoms with Crippen LogP contribution in [0.4, 0.5) is 13.6 Å². The highest BCUT2D eigenvalue weighted by Gasteiger charge is 2.45. The van der Waals surface area contributed by atoms with Crippen molar-refractivity contribution in [1.29, 1.82) is 0 Å².